The van der Waals surface area contributed by atoms with Crippen LogP contribution in [0.5, 0.6) is 0 Å². The second-order valence-electron chi connectivity index (χ2n) is 4.18. The lowest BCUT2D eigenvalue weighted by Gasteiger charge is -2.29. The van der Waals surface area contributed by atoms with Gasteiger partial charge < -0.3 is 14.2 Å². The van der Waals surface area contributed by atoms with Crippen molar-refractivity contribution in [3.05, 3.63) is 23.8 Å². The van der Waals surface area contributed by atoms with E-state index in [9.17, 15) is 4.79 Å². The maximum atomic E-state index is 11.1. The summed E-state index contributed by atoms with van der Waals surface area (Å²) in [6.07, 6.45) is 7.85. The monoisotopic (exact) mass is 238 g/mol. The molecule has 0 bridgehead atoms. The zero-order chi connectivity index (χ0) is 12.1. The van der Waals surface area contributed by atoms with E-state index < -0.39 is 0 Å². The summed E-state index contributed by atoms with van der Waals surface area (Å²) in [6.45, 7) is 3.57. The van der Waals surface area contributed by atoms with Crippen molar-refractivity contribution in [1.82, 2.24) is 0 Å². The molecule has 1 aliphatic carbocycles. The first kappa shape index (κ1) is 12.3. The molecule has 0 aromatic rings. The Kier molecular flexibility index (Phi) is 3.97. The molecule has 1 heterocycles. The number of carbonyl (C=O) groups is 1. The Morgan fingerprint density at radius 3 is 2.88 bits per heavy atom. The quantitative estimate of drug-likeness (QED) is 0.557. The Bertz CT molecular complexity index is 337. The third kappa shape index (κ3) is 3.17. The van der Waals surface area contributed by atoms with E-state index in [1.165, 1.54) is 6.08 Å². The molecule has 94 valence electrons. The van der Waals surface area contributed by atoms with Crippen molar-refractivity contribution in [3.8, 4) is 0 Å². The SMILES string of the molecule is CCOC(=O)C=CC1=CCC2(CC1)OCCO2. The minimum Gasteiger partial charge on any atom is -0.463 e. The summed E-state index contributed by atoms with van der Waals surface area (Å²) < 4.78 is 16.0. The van der Waals surface area contributed by atoms with Gasteiger partial charge >= 0.3 is 5.97 Å². The molecule has 0 N–H and O–H groups in total. The van der Waals surface area contributed by atoms with Crippen LogP contribution in [0.25, 0.3) is 0 Å². The summed E-state index contributed by atoms with van der Waals surface area (Å²) in [7, 11) is 0. The number of hydrogen-bond donors (Lipinski definition) is 0. The van der Waals surface area contributed by atoms with Crippen LogP contribution in [0.1, 0.15) is 26.2 Å². The van der Waals surface area contributed by atoms with E-state index >= 15 is 0 Å². The number of rotatable bonds is 3. The first-order valence-corrected chi connectivity index (χ1v) is 6.06. The van der Waals surface area contributed by atoms with Gasteiger partial charge in [0, 0.05) is 18.9 Å². The van der Waals surface area contributed by atoms with Gasteiger partial charge in [0.2, 0.25) is 0 Å². The highest BCUT2D eigenvalue weighted by Gasteiger charge is 2.37. The number of esters is 1. The maximum Gasteiger partial charge on any atom is 0.330 e. The molecule has 0 atom stereocenters. The molecule has 0 aromatic carbocycles. The van der Waals surface area contributed by atoms with Crippen molar-refractivity contribution in [2.24, 2.45) is 0 Å². The molecule has 0 unspecified atom stereocenters. The van der Waals surface area contributed by atoms with E-state index in [-0.39, 0.29) is 11.8 Å². The van der Waals surface area contributed by atoms with Crippen LogP contribution in [0.2, 0.25) is 0 Å². The van der Waals surface area contributed by atoms with Crippen molar-refractivity contribution in [3.63, 3.8) is 0 Å². The molecule has 0 radical (unpaired) electrons. The molecule has 0 saturated carbocycles. The summed E-state index contributed by atoms with van der Waals surface area (Å²) in [5.74, 6) is -0.677. The Balaban J connectivity index is 1.88. The molecule has 1 fully saturated rings. The number of hydrogen-bond acceptors (Lipinski definition) is 4. The summed E-state index contributed by atoms with van der Waals surface area (Å²) in [6, 6.07) is 0. The van der Waals surface area contributed by atoms with Gasteiger partial charge in [0.1, 0.15) is 0 Å². The van der Waals surface area contributed by atoms with Gasteiger partial charge in [-0.05, 0) is 13.3 Å². The van der Waals surface area contributed by atoms with Gasteiger partial charge in [0.15, 0.2) is 5.79 Å². The van der Waals surface area contributed by atoms with Crippen LogP contribution in [0.3, 0.4) is 0 Å². The lowest BCUT2D eigenvalue weighted by atomic mass is 9.94. The molecular weight excluding hydrogens is 220 g/mol. The van der Waals surface area contributed by atoms with Gasteiger partial charge in [0.05, 0.1) is 19.8 Å². The average Bonchev–Trinajstić information content (AvgIpc) is 2.78. The van der Waals surface area contributed by atoms with E-state index in [0.29, 0.717) is 19.8 Å². The molecule has 1 spiro atoms. The molecule has 17 heavy (non-hydrogen) atoms. The number of carbonyl (C=O) groups excluding carboxylic acids is 1. The fourth-order valence-electron chi connectivity index (χ4n) is 2.10. The van der Waals surface area contributed by atoms with Gasteiger partial charge in [-0.1, -0.05) is 17.7 Å². The number of ether oxygens (including phenoxy) is 3. The largest absolute Gasteiger partial charge is 0.463 e. The molecule has 0 aromatic heterocycles. The van der Waals surface area contributed by atoms with E-state index in [4.69, 9.17) is 14.2 Å². The molecule has 4 heteroatoms. The number of allylic oxidation sites excluding steroid dienone is 2. The van der Waals surface area contributed by atoms with Gasteiger partial charge in [-0.15, -0.1) is 0 Å². The highest BCUT2D eigenvalue weighted by molar-refractivity contribution is 5.82. The topological polar surface area (TPSA) is 44.8 Å². The van der Waals surface area contributed by atoms with Crippen LogP contribution >= 0.6 is 0 Å². The Morgan fingerprint density at radius 1 is 1.53 bits per heavy atom. The van der Waals surface area contributed by atoms with Gasteiger partial charge in [-0.25, -0.2) is 4.79 Å². The standard InChI is InChI=1S/C13H18O4/c1-2-15-12(14)4-3-11-5-7-13(8-6-11)16-9-10-17-13/h3-5H,2,6-10H2,1H3. The van der Waals surface area contributed by atoms with Crippen molar-refractivity contribution in [2.75, 3.05) is 19.8 Å². The normalized spacial score (nSPS) is 23.0. The molecule has 2 rings (SSSR count). The van der Waals surface area contributed by atoms with Crippen LogP contribution in [0, 0.1) is 0 Å². The molecule has 0 amide bonds. The van der Waals surface area contributed by atoms with Crippen LogP contribution < -0.4 is 0 Å². The fraction of sp³-hybridized carbons (Fsp3) is 0.615. The first-order valence-electron chi connectivity index (χ1n) is 6.06. The lowest BCUT2D eigenvalue weighted by Crippen LogP contribution is -2.31. The molecule has 2 aliphatic rings. The second kappa shape index (κ2) is 5.47. The minimum atomic E-state index is -0.388. The van der Waals surface area contributed by atoms with Crippen LogP contribution in [0.15, 0.2) is 23.8 Å². The highest BCUT2D eigenvalue weighted by Crippen LogP contribution is 2.35. The molecule has 1 aliphatic heterocycles. The van der Waals surface area contributed by atoms with Crippen molar-refractivity contribution < 1.29 is 19.0 Å². The van der Waals surface area contributed by atoms with E-state index in [1.54, 1.807) is 6.92 Å². The summed E-state index contributed by atoms with van der Waals surface area (Å²) in [5.41, 5.74) is 1.14. The predicted molar refractivity (Wildman–Crippen MR) is 62.3 cm³/mol. The second-order valence-corrected chi connectivity index (χ2v) is 4.18. The van der Waals surface area contributed by atoms with Gasteiger partial charge in [-0.2, -0.15) is 0 Å². The highest BCUT2D eigenvalue weighted by atomic mass is 16.7. The first-order chi connectivity index (χ1) is 8.24. The van der Waals surface area contributed by atoms with Gasteiger partial charge in [-0.3, -0.25) is 0 Å². The third-order valence-corrected chi connectivity index (χ3v) is 3.00. The maximum absolute atomic E-state index is 11.1. The van der Waals surface area contributed by atoms with Gasteiger partial charge in [0.25, 0.3) is 0 Å². The Morgan fingerprint density at radius 2 is 2.29 bits per heavy atom. The molecule has 1 saturated heterocycles. The van der Waals surface area contributed by atoms with Crippen LogP contribution in [-0.2, 0) is 19.0 Å². The smallest absolute Gasteiger partial charge is 0.330 e. The van der Waals surface area contributed by atoms with Crippen molar-refractivity contribution in [2.45, 2.75) is 32.0 Å². The summed E-state index contributed by atoms with van der Waals surface area (Å²) >= 11 is 0. The summed E-state index contributed by atoms with van der Waals surface area (Å²) in [5, 5.41) is 0. The zero-order valence-electron chi connectivity index (χ0n) is 10.1. The lowest BCUT2D eigenvalue weighted by molar-refractivity contribution is -0.161. The minimum absolute atomic E-state index is 0.290. The summed E-state index contributed by atoms with van der Waals surface area (Å²) in [4.78, 5) is 11.1. The predicted octanol–water partition coefficient (Wildman–Crippen LogP) is 1.96. The van der Waals surface area contributed by atoms with Crippen molar-refractivity contribution in [1.29, 1.82) is 0 Å². The zero-order valence-corrected chi connectivity index (χ0v) is 10.1. The van der Waals surface area contributed by atoms with Crippen LogP contribution in [0.4, 0.5) is 0 Å². The fourth-order valence-corrected chi connectivity index (χ4v) is 2.10. The molecule has 4 nitrogen and oxygen atoms in total. The third-order valence-electron chi connectivity index (χ3n) is 3.00. The van der Waals surface area contributed by atoms with Crippen LogP contribution in [-0.4, -0.2) is 31.6 Å². The Hall–Kier alpha value is -1.13. The van der Waals surface area contributed by atoms with E-state index in [2.05, 4.69) is 6.08 Å². The average molecular weight is 238 g/mol. The molecular formula is C13H18O4. The van der Waals surface area contributed by atoms with E-state index in [0.717, 1.165) is 24.8 Å². The van der Waals surface area contributed by atoms with E-state index in [1.807, 2.05) is 6.08 Å². The Labute approximate surface area is 101 Å². The van der Waals surface area contributed by atoms with Crippen molar-refractivity contribution >= 4 is 5.97 Å².